The van der Waals surface area contributed by atoms with Gasteiger partial charge in [-0.15, -0.1) is 11.3 Å². The summed E-state index contributed by atoms with van der Waals surface area (Å²) in [6, 6.07) is 6.33. The molecule has 0 N–H and O–H groups in total. The fourth-order valence-corrected chi connectivity index (χ4v) is 4.18. The molecule has 1 aromatic heterocycles. The molecule has 0 fully saturated rings. The molecule has 2 rings (SSSR count). The molecule has 0 aliphatic heterocycles. The largest absolute Gasteiger partial charge is 0.259 e. The lowest BCUT2D eigenvalue weighted by Gasteiger charge is -2.06. The number of hydrogen-bond acceptors (Lipinski definition) is 3. The van der Waals surface area contributed by atoms with Gasteiger partial charge in [-0.05, 0) is 25.0 Å². The lowest BCUT2D eigenvalue weighted by molar-refractivity contribution is 0.681. The van der Waals surface area contributed by atoms with Crippen LogP contribution in [0.25, 0.3) is 0 Å². The van der Waals surface area contributed by atoms with Gasteiger partial charge in [-0.25, -0.2) is 4.98 Å². The molecule has 0 saturated heterocycles. The number of aryl methyl sites for hydroxylation is 2. The second-order valence-corrected chi connectivity index (χ2v) is 7.84. The first-order valence-corrected chi connectivity index (χ1v) is 9.18. The minimum atomic E-state index is -0.896. The maximum absolute atomic E-state index is 12.3. The molecular formula is C16H21NOS2. The molecule has 20 heavy (non-hydrogen) atoms. The summed E-state index contributed by atoms with van der Waals surface area (Å²) >= 11 is 1.67. The SMILES string of the molecule is Cc1ccc(C)c(C[S@@](=O)Cc2csc(C(C)C)n2)c1. The van der Waals surface area contributed by atoms with E-state index in [9.17, 15) is 4.21 Å². The predicted molar refractivity (Wildman–Crippen MR) is 87.7 cm³/mol. The molecule has 0 aliphatic rings. The number of hydrogen-bond donors (Lipinski definition) is 0. The van der Waals surface area contributed by atoms with E-state index in [2.05, 4.69) is 50.9 Å². The zero-order valence-electron chi connectivity index (χ0n) is 12.5. The van der Waals surface area contributed by atoms with Crippen molar-refractivity contribution >= 4 is 22.1 Å². The van der Waals surface area contributed by atoms with Gasteiger partial charge in [0.1, 0.15) is 0 Å². The van der Waals surface area contributed by atoms with E-state index in [0.717, 1.165) is 10.7 Å². The van der Waals surface area contributed by atoms with Crippen LogP contribution in [0.4, 0.5) is 0 Å². The fourth-order valence-electron chi connectivity index (χ4n) is 2.00. The van der Waals surface area contributed by atoms with Gasteiger partial charge < -0.3 is 0 Å². The molecule has 2 aromatic rings. The van der Waals surface area contributed by atoms with Gasteiger partial charge in [-0.2, -0.15) is 0 Å². The molecule has 1 atom stereocenters. The molecule has 0 unspecified atom stereocenters. The van der Waals surface area contributed by atoms with E-state index in [1.54, 1.807) is 11.3 Å². The molecule has 0 spiro atoms. The third kappa shape index (κ3) is 4.00. The molecule has 0 radical (unpaired) electrons. The zero-order valence-corrected chi connectivity index (χ0v) is 14.1. The number of thiazole rings is 1. The Balaban J connectivity index is 2.03. The molecule has 108 valence electrons. The third-order valence-electron chi connectivity index (χ3n) is 3.19. The Morgan fingerprint density at radius 3 is 2.65 bits per heavy atom. The van der Waals surface area contributed by atoms with E-state index in [1.807, 2.05) is 5.38 Å². The average Bonchev–Trinajstić information content (AvgIpc) is 2.82. The van der Waals surface area contributed by atoms with Crippen molar-refractivity contribution < 1.29 is 4.21 Å². The lowest BCUT2D eigenvalue weighted by atomic mass is 10.1. The van der Waals surface area contributed by atoms with Crippen molar-refractivity contribution in [3.05, 3.63) is 51.0 Å². The first kappa shape index (κ1) is 15.4. The van der Waals surface area contributed by atoms with Crippen molar-refractivity contribution in [2.45, 2.75) is 45.1 Å². The van der Waals surface area contributed by atoms with Gasteiger partial charge >= 0.3 is 0 Å². The summed E-state index contributed by atoms with van der Waals surface area (Å²) in [5.74, 6) is 1.61. The summed E-state index contributed by atoms with van der Waals surface area (Å²) in [6.45, 7) is 8.41. The Morgan fingerprint density at radius 2 is 2.00 bits per heavy atom. The summed E-state index contributed by atoms with van der Waals surface area (Å²) in [6.07, 6.45) is 0. The Kier molecular flexibility index (Phi) is 5.11. The second-order valence-electron chi connectivity index (χ2n) is 5.49. The molecule has 4 heteroatoms. The number of benzene rings is 1. The Bertz CT molecular complexity index is 617. The number of nitrogens with zero attached hydrogens (tertiary/aromatic N) is 1. The first-order valence-electron chi connectivity index (χ1n) is 6.81. The van der Waals surface area contributed by atoms with E-state index in [4.69, 9.17) is 0 Å². The second kappa shape index (κ2) is 6.64. The van der Waals surface area contributed by atoms with E-state index in [1.165, 1.54) is 16.7 Å². The maximum atomic E-state index is 12.3. The normalized spacial score (nSPS) is 12.8. The van der Waals surface area contributed by atoms with Gasteiger partial charge in [0.25, 0.3) is 0 Å². The lowest BCUT2D eigenvalue weighted by Crippen LogP contribution is -2.02. The summed E-state index contributed by atoms with van der Waals surface area (Å²) in [5, 5.41) is 3.17. The van der Waals surface area contributed by atoms with Crippen LogP contribution in [0, 0.1) is 13.8 Å². The number of rotatable bonds is 5. The summed E-state index contributed by atoms with van der Waals surface area (Å²) in [7, 11) is -0.896. The predicted octanol–water partition coefficient (Wildman–Crippen LogP) is 4.33. The molecular weight excluding hydrogens is 286 g/mol. The van der Waals surface area contributed by atoms with Gasteiger partial charge in [-0.3, -0.25) is 4.21 Å². The first-order chi connectivity index (χ1) is 9.45. The smallest absolute Gasteiger partial charge is 0.0954 e. The quantitative estimate of drug-likeness (QED) is 0.823. The average molecular weight is 307 g/mol. The van der Waals surface area contributed by atoms with Gasteiger partial charge in [0, 0.05) is 27.9 Å². The highest BCUT2D eigenvalue weighted by atomic mass is 32.2. The van der Waals surface area contributed by atoms with Crippen LogP contribution in [0.1, 0.15) is 47.2 Å². The summed E-state index contributed by atoms with van der Waals surface area (Å²) in [4.78, 5) is 4.56. The molecule has 2 nitrogen and oxygen atoms in total. The van der Waals surface area contributed by atoms with Gasteiger partial charge in [0.2, 0.25) is 0 Å². The molecule has 1 heterocycles. The van der Waals surface area contributed by atoms with Crippen LogP contribution in [0.2, 0.25) is 0 Å². The highest BCUT2D eigenvalue weighted by Gasteiger charge is 2.10. The Labute approximate surface area is 127 Å². The highest BCUT2D eigenvalue weighted by molar-refractivity contribution is 7.83. The van der Waals surface area contributed by atoms with Crippen molar-refractivity contribution in [3.8, 4) is 0 Å². The fraction of sp³-hybridized carbons (Fsp3) is 0.438. The third-order valence-corrected chi connectivity index (χ3v) is 5.64. The van der Waals surface area contributed by atoms with Crippen molar-refractivity contribution in [2.24, 2.45) is 0 Å². The molecule has 0 aliphatic carbocycles. The van der Waals surface area contributed by atoms with E-state index < -0.39 is 10.8 Å². The minimum Gasteiger partial charge on any atom is -0.259 e. The Morgan fingerprint density at radius 1 is 1.25 bits per heavy atom. The maximum Gasteiger partial charge on any atom is 0.0954 e. The van der Waals surface area contributed by atoms with Crippen LogP contribution in [0.3, 0.4) is 0 Å². The van der Waals surface area contributed by atoms with Crippen LogP contribution in [0.5, 0.6) is 0 Å². The standard InChI is InChI=1S/C16H21NOS2/c1-11(2)16-17-15(8-19-16)10-20(18)9-14-7-12(3)5-6-13(14)4/h5-8,11H,9-10H2,1-4H3/t20-/m1/s1. The topological polar surface area (TPSA) is 30.0 Å². The zero-order chi connectivity index (χ0) is 14.7. The van der Waals surface area contributed by atoms with Crippen molar-refractivity contribution in [1.82, 2.24) is 4.98 Å². The molecule has 0 amide bonds. The van der Waals surface area contributed by atoms with E-state index >= 15 is 0 Å². The van der Waals surface area contributed by atoms with Gasteiger partial charge in [0.05, 0.1) is 16.5 Å². The highest BCUT2D eigenvalue weighted by Crippen LogP contribution is 2.21. The van der Waals surface area contributed by atoms with Crippen LogP contribution in [-0.2, 0) is 22.3 Å². The van der Waals surface area contributed by atoms with Crippen molar-refractivity contribution in [3.63, 3.8) is 0 Å². The van der Waals surface area contributed by atoms with Crippen LogP contribution in [-0.4, -0.2) is 9.19 Å². The monoisotopic (exact) mass is 307 g/mol. The van der Waals surface area contributed by atoms with Crippen LogP contribution < -0.4 is 0 Å². The number of aromatic nitrogens is 1. The van der Waals surface area contributed by atoms with E-state index in [0.29, 0.717) is 17.4 Å². The van der Waals surface area contributed by atoms with Crippen molar-refractivity contribution in [2.75, 3.05) is 0 Å². The van der Waals surface area contributed by atoms with E-state index in [-0.39, 0.29) is 0 Å². The van der Waals surface area contributed by atoms with Crippen LogP contribution in [0.15, 0.2) is 23.6 Å². The molecule has 0 bridgehead atoms. The molecule has 0 saturated carbocycles. The van der Waals surface area contributed by atoms with Crippen molar-refractivity contribution in [1.29, 1.82) is 0 Å². The Hall–Kier alpha value is -1.00. The summed E-state index contributed by atoms with van der Waals surface area (Å²) < 4.78 is 12.3. The van der Waals surface area contributed by atoms with Gasteiger partial charge in [0.15, 0.2) is 0 Å². The van der Waals surface area contributed by atoms with Gasteiger partial charge in [-0.1, -0.05) is 37.6 Å². The minimum absolute atomic E-state index is 0.446. The molecule has 1 aromatic carbocycles. The van der Waals surface area contributed by atoms with Crippen LogP contribution >= 0.6 is 11.3 Å². The summed E-state index contributed by atoms with van der Waals surface area (Å²) in [5.41, 5.74) is 4.58.